The first-order valence-electron chi connectivity index (χ1n) is 12.8. The van der Waals surface area contributed by atoms with Crippen molar-refractivity contribution in [2.45, 2.75) is 57.5 Å². The molecule has 1 amide bonds. The van der Waals surface area contributed by atoms with Crippen molar-refractivity contribution >= 4 is 17.3 Å². The molecule has 2 fully saturated rings. The van der Waals surface area contributed by atoms with Gasteiger partial charge in [0, 0.05) is 54.6 Å². The first-order chi connectivity index (χ1) is 17.1. The molecular weight excluding hydrogens is 441 g/mol. The Morgan fingerprint density at radius 2 is 1.83 bits per heavy atom. The van der Waals surface area contributed by atoms with Crippen LogP contribution in [0.3, 0.4) is 0 Å². The van der Waals surface area contributed by atoms with Gasteiger partial charge in [0.1, 0.15) is 5.82 Å². The van der Waals surface area contributed by atoms with Gasteiger partial charge in [-0.05, 0) is 74.1 Å². The van der Waals surface area contributed by atoms with Crippen molar-refractivity contribution in [3.05, 3.63) is 66.1 Å². The van der Waals surface area contributed by atoms with E-state index in [0.29, 0.717) is 18.4 Å². The fourth-order valence-corrected chi connectivity index (χ4v) is 5.38. The van der Waals surface area contributed by atoms with Crippen molar-refractivity contribution in [3.8, 4) is 11.3 Å². The number of amides is 1. The fraction of sp³-hybridized carbons (Fsp3) is 0.429. The molecule has 1 saturated heterocycles. The maximum absolute atomic E-state index is 13.3. The summed E-state index contributed by atoms with van der Waals surface area (Å²) < 4.78 is 13.3. The molecule has 1 aliphatic carbocycles. The minimum atomic E-state index is -0.239. The highest BCUT2D eigenvalue weighted by molar-refractivity contribution is 5.91. The average molecular weight is 476 g/mol. The Morgan fingerprint density at radius 3 is 2.60 bits per heavy atom. The van der Waals surface area contributed by atoms with E-state index in [4.69, 9.17) is 0 Å². The Labute approximate surface area is 206 Å². The van der Waals surface area contributed by atoms with Crippen LogP contribution in [0.2, 0.25) is 0 Å². The molecule has 3 aromatic rings. The van der Waals surface area contributed by atoms with E-state index in [0.717, 1.165) is 60.7 Å². The zero-order valence-corrected chi connectivity index (χ0v) is 20.1. The Morgan fingerprint density at radius 1 is 1.06 bits per heavy atom. The van der Waals surface area contributed by atoms with Crippen LogP contribution in [0.1, 0.15) is 50.5 Å². The van der Waals surface area contributed by atoms with Gasteiger partial charge >= 0.3 is 0 Å². The summed E-state index contributed by atoms with van der Waals surface area (Å²) in [4.78, 5) is 14.8. The highest BCUT2D eigenvalue weighted by Gasteiger charge is 2.21. The van der Waals surface area contributed by atoms with E-state index in [9.17, 15) is 9.18 Å². The minimum absolute atomic E-state index is 0.135. The lowest BCUT2D eigenvalue weighted by Crippen LogP contribution is -2.42. The van der Waals surface area contributed by atoms with E-state index >= 15 is 0 Å². The molecule has 6 nitrogen and oxygen atoms in total. The first-order valence-corrected chi connectivity index (χ1v) is 12.8. The van der Waals surface area contributed by atoms with Crippen molar-refractivity contribution in [3.63, 3.8) is 0 Å². The van der Waals surface area contributed by atoms with Crippen LogP contribution in [-0.2, 0) is 11.3 Å². The van der Waals surface area contributed by atoms with Crippen LogP contribution in [0.5, 0.6) is 0 Å². The summed E-state index contributed by atoms with van der Waals surface area (Å²) in [7, 11) is 0. The standard InChI is InChI=1S/C28H34FN5O/c29-23-10-8-21(9-11-23)28-22(19-31-33-28)18-30-24-12-14-34(15-13-24)26-7-3-6-25(17-26)32-27(35)16-20-4-1-2-5-20/h3,6-11,17,19-20,24,30H,1-2,4-5,12-16,18H2,(H,31,33)(H,32,35). The van der Waals surface area contributed by atoms with E-state index in [1.165, 1.54) is 37.8 Å². The zero-order chi connectivity index (χ0) is 24.0. The Hall–Kier alpha value is -3.19. The van der Waals surface area contributed by atoms with Crippen LogP contribution in [0, 0.1) is 11.7 Å². The molecule has 1 aliphatic heterocycles. The second-order valence-corrected chi connectivity index (χ2v) is 9.87. The SMILES string of the molecule is O=C(CC1CCCC1)Nc1cccc(N2CCC(NCc3cn[nH]c3-c3ccc(F)cc3)CC2)c1. The number of H-pyrrole nitrogens is 1. The Balaban J connectivity index is 1.11. The number of hydrogen-bond donors (Lipinski definition) is 3. The number of rotatable bonds is 8. The van der Waals surface area contributed by atoms with Crippen LogP contribution < -0.4 is 15.5 Å². The van der Waals surface area contributed by atoms with Gasteiger partial charge in [0.2, 0.25) is 5.91 Å². The molecule has 7 heteroatoms. The molecule has 1 aromatic heterocycles. The number of piperidine rings is 1. The van der Waals surface area contributed by atoms with Crippen molar-refractivity contribution in [1.82, 2.24) is 15.5 Å². The number of anilines is 2. The zero-order valence-electron chi connectivity index (χ0n) is 20.1. The fourth-order valence-electron chi connectivity index (χ4n) is 5.38. The molecule has 0 atom stereocenters. The van der Waals surface area contributed by atoms with Crippen molar-refractivity contribution < 1.29 is 9.18 Å². The van der Waals surface area contributed by atoms with Gasteiger partial charge in [-0.15, -0.1) is 0 Å². The van der Waals surface area contributed by atoms with Gasteiger partial charge in [0.05, 0.1) is 11.9 Å². The molecule has 1 saturated carbocycles. The van der Waals surface area contributed by atoms with Crippen molar-refractivity contribution in [2.75, 3.05) is 23.3 Å². The number of aromatic nitrogens is 2. The summed E-state index contributed by atoms with van der Waals surface area (Å²) in [6.45, 7) is 2.65. The maximum Gasteiger partial charge on any atom is 0.224 e. The molecule has 2 heterocycles. The lowest BCUT2D eigenvalue weighted by molar-refractivity contribution is -0.117. The van der Waals surface area contributed by atoms with Crippen LogP contribution in [-0.4, -0.2) is 35.2 Å². The van der Waals surface area contributed by atoms with Gasteiger partial charge in [-0.1, -0.05) is 18.9 Å². The summed E-state index contributed by atoms with van der Waals surface area (Å²) in [5.41, 5.74) is 5.00. The average Bonchev–Trinajstić information content (AvgIpc) is 3.56. The molecule has 184 valence electrons. The van der Waals surface area contributed by atoms with Gasteiger partial charge in [0.25, 0.3) is 0 Å². The number of nitrogens with one attached hydrogen (secondary N) is 3. The van der Waals surface area contributed by atoms with Crippen molar-refractivity contribution in [2.24, 2.45) is 5.92 Å². The Kier molecular flexibility index (Phi) is 7.42. The van der Waals surface area contributed by atoms with Crippen LogP contribution >= 0.6 is 0 Å². The van der Waals surface area contributed by atoms with Crippen LogP contribution in [0.4, 0.5) is 15.8 Å². The first kappa shape index (κ1) is 23.5. The number of nitrogens with zero attached hydrogens (tertiary/aromatic N) is 2. The molecule has 5 rings (SSSR count). The summed E-state index contributed by atoms with van der Waals surface area (Å²) >= 11 is 0. The number of aromatic amines is 1. The summed E-state index contributed by atoms with van der Waals surface area (Å²) in [6, 6.07) is 15.2. The highest BCUT2D eigenvalue weighted by atomic mass is 19.1. The summed E-state index contributed by atoms with van der Waals surface area (Å²) in [5, 5.41) is 14.0. The number of hydrogen-bond acceptors (Lipinski definition) is 4. The van der Waals surface area contributed by atoms with Gasteiger partial charge in [-0.2, -0.15) is 5.10 Å². The lowest BCUT2D eigenvalue weighted by atomic mass is 10.0. The van der Waals surface area contributed by atoms with Crippen molar-refractivity contribution in [1.29, 1.82) is 0 Å². The third kappa shape index (κ3) is 6.09. The van der Waals surface area contributed by atoms with Gasteiger partial charge in [-0.3, -0.25) is 9.89 Å². The van der Waals surface area contributed by atoms with Gasteiger partial charge in [0.15, 0.2) is 0 Å². The maximum atomic E-state index is 13.3. The third-order valence-corrected chi connectivity index (χ3v) is 7.37. The molecule has 0 bridgehead atoms. The number of carbonyl (C=O) groups is 1. The minimum Gasteiger partial charge on any atom is -0.371 e. The molecular formula is C28H34FN5O. The predicted molar refractivity (Wildman–Crippen MR) is 138 cm³/mol. The van der Waals surface area contributed by atoms with E-state index < -0.39 is 0 Å². The van der Waals surface area contributed by atoms with E-state index in [2.05, 4.69) is 37.9 Å². The molecule has 2 aliphatic rings. The monoisotopic (exact) mass is 475 g/mol. The van der Waals surface area contributed by atoms with Crippen LogP contribution in [0.15, 0.2) is 54.7 Å². The van der Waals surface area contributed by atoms with E-state index in [1.54, 1.807) is 12.1 Å². The molecule has 3 N–H and O–H groups in total. The van der Waals surface area contributed by atoms with E-state index in [-0.39, 0.29) is 11.7 Å². The molecule has 0 spiro atoms. The largest absolute Gasteiger partial charge is 0.371 e. The van der Waals surface area contributed by atoms with Gasteiger partial charge in [-0.25, -0.2) is 4.39 Å². The normalized spacial score (nSPS) is 17.1. The summed E-state index contributed by atoms with van der Waals surface area (Å²) in [6.07, 6.45) is 9.46. The predicted octanol–water partition coefficient (Wildman–Crippen LogP) is 5.49. The second kappa shape index (κ2) is 11.0. The number of halogens is 1. The quantitative estimate of drug-likeness (QED) is 0.403. The molecule has 35 heavy (non-hydrogen) atoms. The van der Waals surface area contributed by atoms with E-state index in [1.807, 2.05) is 18.3 Å². The second-order valence-electron chi connectivity index (χ2n) is 9.87. The Bertz CT molecular complexity index is 1110. The highest BCUT2D eigenvalue weighted by Crippen LogP contribution is 2.29. The lowest BCUT2D eigenvalue weighted by Gasteiger charge is -2.34. The topological polar surface area (TPSA) is 73.1 Å². The molecule has 0 radical (unpaired) electrons. The van der Waals surface area contributed by atoms with Gasteiger partial charge < -0.3 is 15.5 Å². The molecule has 0 unspecified atom stereocenters. The number of carbonyl (C=O) groups excluding carboxylic acids is 1. The smallest absolute Gasteiger partial charge is 0.224 e. The third-order valence-electron chi connectivity index (χ3n) is 7.37. The number of benzene rings is 2. The molecule has 2 aromatic carbocycles. The van der Waals surface area contributed by atoms with Crippen LogP contribution in [0.25, 0.3) is 11.3 Å². The summed E-state index contributed by atoms with van der Waals surface area (Å²) in [5.74, 6) is 0.450.